The van der Waals surface area contributed by atoms with Crippen molar-refractivity contribution in [1.29, 1.82) is 0 Å². The highest BCUT2D eigenvalue weighted by Crippen LogP contribution is 2.32. The van der Waals surface area contributed by atoms with E-state index in [0.29, 0.717) is 11.4 Å². The van der Waals surface area contributed by atoms with Gasteiger partial charge in [0.05, 0.1) is 0 Å². The molecule has 0 aromatic carbocycles. The summed E-state index contributed by atoms with van der Waals surface area (Å²) >= 11 is 0. The van der Waals surface area contributed by atoms with E-state index in [9.17, 15) is 0 Å². The zero-order valence-corrected chi connectivity index (χ0v) is 8.01. The second-order valence-electron chi connectivity index (χ2n) is 3.62. The molecule has 0 saturated heterocycles. The molecule has 0 bridgehead atoms. The van der Waals surface area contributed by atoms with E-state index in [1.165, 1.54) is 5.57 Å². The molecule has 2 aliphatic rings. The molecule has 0 amide bonds. The van der Waals surface area contributed by atoms with E-state index in [-0.39, 0.29) is 0 Å². The molecule has 0 spiro atoms. The molecule has 72 valence electrons. The van der Waals surface area contributed by atoms with E-state index in [1.807, 2.05) is 12.2 Å². The summed E-state index contributed by atoms with van der Waals surface area (Å²) in [5.41, 5.74) is 2.74. The van der Waals surface area contributed by atoms with Gasteiger partial charge in [-0.1, -0.05) is 11.6 Å². The number of allylic oxidation sites excluding steroid dienone is 5. The molecule has 1 aliphatic heterocycles. The Bertz CT molecular complexity index is 366. The highest BCUT2D eigenvalue weighted by Gasteiger charge is 2.24. The first-order valence-electron chi connectivity index (χ1n) is 4.67. The molecule has 0 aromatic rings. The Hall–Kier alpha value is -1.13. The summed E-state index contributed by atoms with van der Waals surface area (Å²) in [6.07, 6.45) is 8.17. The second-order valence-corrected chi connectivity index (χ2v) is 3.62. The van der Waals surface area contributed by atoms with Gasteiger partial charge in [-0.25, -0.2) is 0 Å². The van der Waals surface area contributed by atoms with Gasteiger partial charge in [0, 0.05) is 17.8 Å². The Morgan fingerprint density at radius 3 is 3.00 bits per heavy atom. The molecule has 0 radical (unpaired) electrons. The van der Waals surface area contributed by atoms with Crippen LogP contribution in [0.15, 0.2) is 40.0 Å². The van der Waals surface area contributed by atoms with E-state index >= 15 is 0 Å². The van der Waals surface area contributed by atoms with Gasteiger partial charge in [-0.3, -0.25) is 4.99 Å². The molecule has 1 unspecified atom stereocenters. The van der Waals surface area contributed by atoms with E-state index in [0.717, 1.165) is 12.1 Å². The normalized spacial score (nSPS) is 24.8. The van der Waals surface area contributed by atoms with E-state index in [4.69, 9.17) is 10.0 Å². The number of fused-ring (bicyclic) bond motifs is 1. The maximum atomic E-state index is 9.01. The third-order valence-corrected chi connectivity index (χ3v) is 2.67. The van der Waals surface area contributed by atoms with Crippen molar-refractivity contribution in [3.8, 4) is 0 Å². The van der Waals surface area contributed by atoms with Gasteiger partial charge in [-0.15, -0.1) is 0 Å². The molecule has 0 saturated carbocycles. The van der Waals surface area contributed by atoms with Crippen molar-refractivity contribution >= 4 is 13.3 Å². The molecule has 14 heavy (non-hydrogen) atoms. The first kappa shape index (κ1) is 9.43. The van der Waals surface area contributed by atoms with Gasteiger partial charge in [0.25, 0.3) is 0 Å². The highest BCUT2D eigenvalue weighted by molar-refractivity contribution is 6.51. The van der Waals surface area contributed by atoms with Gasteiger partial charge in [0.2, 0.25) is 0 Å². The van der Waals surface area contributed by atoms with Crippen LogP contribution in [0.1, 0.15) is 13.3 Å². The molecule has 2 rings (SSSR count). The van der Waals surface area contributed by atoms with Crippen LogP contribution in [0.3, 0.4) is 0 Å². The summed E-state index contributed by atoms with van der Waals surface area (Å²) in [5, 5.41) is 18.0. The number of rotatable bonds is 1. The number of nitrogens with zero attached hydrogens (tertiary/aromatic N) is 1. The van der Waals surface area contributed by atoms with E-state index < -0.39 is 7.12 Å². The van der Waals surface area contributed by atoms with Crippen molar-refractivity contribution in [2.24, 2.45) is 10.9 Å². The molecule has 0 fully saturated rings. The summed E-state index contributed by atoms with van der Waals surface area (Å²) in [5.74, 6) is 0.322. The van der Waals surface area contributed by atoms with Gasteiger partial charge >= 0.3 is 7.12 Å². The van der Waals surface area contributed by atoms with Gasteiger partial charge in [-0.05, 0) is 31.0 Å². The first-order valence-corrected chi connectivity index (χ1v) is 4.67. The molecule has 1 aliphatic carbocycles. The van der Waals surface area contributed by atoms with Crippen LogP contribution in [0.5, 0.6) is 0 Å². The molecule has 2 N–H and O–H groups in total. The molecular formula is C10H12BNO2. The zero-order chi connectivity index (χ0) is 10.1. The lowest BCUT2D eigenvalue weighted by molar-refractivity contribution is 0.419. The third-order valence-electron chi connectivity index (χ3n) is 2.67. The lowest BCUT2D eigenvalue weighted by Gasteiger charge is -2.23. The van der Waals surface area contributed by atoms with Crippen LogP contribution in [0.2, 0.25) is 0 Å². The molecule has 4 heteroatoms. The Balaban J connectivity index is 2.29. The minimum absolute atomic E-state index is 0.322. The topological polar surface area (TPSA) is 52.8 Å². The predicted molar refractivity (Wildman–Crippen MR) is 56.7 cm³/mol. The van der Waals surface area contributed by atoms with Crippen LogP contribution in [-0.2, 0) is 0 Å². The summed E-state index contributed by atoms with van der Waals surface area (Å²) in [4.78, 5) is 4.23. The monoisotopic (exact) mass is 189 g/mol. The van der Waals surface area contributed by atoms with Crippen molar-refractivity contribution in [1.82, 2.24) is 0 Å². The fraction of sp³-hybridized carbons (Fsp3) is 0.300. The minimum atomic E-state index is -1.38. The molecule has 1 atom stereocenters. The lowest BCUT2D eigenvalue weighted by atomic mass is 9.73. The van der Waals surface area contributed by atoms with Crippen LogP contribution in [0.4, 0.5) is 0 Å². The van der Waals surface area contributed by atoms with Crippen LogP contribution in [0.25, 0.3) is 0 Å². The van der Waals surface area contributed by atoms with Crippen LogP contribution < -0.4 is 0 Å². The van der Waals surface area contributed by atoms with Crippen molar-refractivity contribution < 1.29 is 10.0 Å². The fourth-order valence-electron chi connectivity index (χ4n) is 1.79. The maximum absolute atomic E-state index is 9.01. The number of aliphatic imine (C=N–C) groups is 1. The minimum Gasteiger partial charge on any atom is -0.423 e. The third kappa shape index (κ3) is 1.58. The molecule has 3 nitrogen and oxygen atoms in total. The molecular weight excluding hydrogens is 177 g/mol. The second kappa shape index (κ2) is 3.56. The van der Waals surface area contributed by atoms with Gasteiger partial charge in [-0.2, -0.15) is 0 Å². The van der Waals surface area contributed by atoms with Gasteiger partial charge < -0.3 is 10.0 Å². The smallest absolute Gasteiger partial charge is 0.423 e. The van der Waals surface area contributed by atoms with E-state index in [2.05, 4.69) is 11.9 Å². The predicted octanol–water partition coefficient (Wildman–Crippen LogP) is 0.859. The number of dihydropyridines is 1. The summed E-state index contributed by atoms with van der Waals surface area (Å²) in [6, 6.07) is 0. The van der Waals surface area contributed by atoms with Gasteiger partial charge in [0.1, 0.15) is 0 Å². The first-order chi connectivity index (χ1) is 6.68. The zero-order valence-electron chi connectivity index (χ0n) is 8.01. The average molecular weight is 189 g/mol. The quantitative estimate of drug-likeness (QED) is 0.601. The van der Waals surface area contributed by atoms with Crippen LogP contribution >= 0.6 is 0 Å². The lowest BCUT2D eigenvalue weighted by Crippen LogP contribution is -2.19. The Kier molecular flexibility index (Phi) is 2.39. The standard InChI is InChI=1S/C10H12BNO2/c1-7-4-5-12-10-6-8(11(13)14)2-3-9(7)10/h2,4-6,9,13-14H,3H2,1H3. The SMILES string of the molecule is CC1=CC=NC2=CC(B(O)O)=CCC12. The molecule has 0 aromatic heterocycles. The van der Waals surface area contributed by atoms with Crippen molar-refractivity contribution in [2.45, 2.75) is 13.3 Å². The average Bonchev–Trinajstić information content (AvgIpc) is 2.17. The van der Waals surface area contributed by atoms with E-state index in [1.54, 1.807) is 12.3 Å². The molecule has 1 heterocycles. The van der Waals surface area contributed by atoms with Crippen LogP contribution in [-0.4, -0.2) is 23.4 Å². The van der Waals surface area contributed by atoms with Crippen molar-refractivity contribution in [3.05, 3.63) is 35.0 Å². The van der Waals surface area contributed by atoms with Crippen molar-refractivity contribution in [2.75, 3.05) is 0 Å². The number of hydrogen-bond donors (Lipinski definition) is 2. The van der Waals surface area contributed by atoms with Gasteiger partial charge in [0.15, 0.2) is 0 Å². The highest BCUT2D eigenvalue weighted by atomic mass is 16.4. The summed E-state index contributed by atoms with van der Waals surface area (Å²) in [6.45, 7) is 2.07. The Labute approximate surface area is 83.3 Å². The van der Waals surface area contributed by atoms with Crippen molar-refractivity contribution in [3.63, 3.8) is 0 Å². The summed E-state index contributed by atoms with van der Waals surface area (Å²) < 4.78 is 0. The largest absolute Gasteiger partial charge is 0.488 e. The fourth-order valence-corrected chi connectivity index (χ4v) is 1.79. The Morgan fingerprint density at radius 2 is 2.29 bits per heavy atom. The Morgan fingerprint density at radius 1 is 1.50 bits per heavy atom. The number of hydrogen-bond acceptors (Lipinski definition) is 3. The maximum Gasteiger partial charge on any atom is 0.488 e. The summed E-state index contributed by atoms with van der Waals surface area (Å²) in [7, 11) is -1.38. The van der Waals surface area contributed by atoms with Crippen LogP contribution in [0, 0.1) is 5.92 Å².